The molecule has 152 valence electrons. The summed E-state index contributed by atoms with van der Waals surface area (Å²) in [5.74, 6) is -0.671. The monoisotopic (exact) mass is 374 g/mol. The van der Waals surface area contributed by atoms with Gasteiger partial charge in [0.1, 0.15) is 0 Å². The van der Waals surface area contributed by atoms with Crippen molar-refractivity contribution in [3.8, 4) is 0 Å². The van der Waals surface area contributed by atoms with Gasteiger partial charge < -0.3 is 5.11 Å². The van der Waals surface area contributed by atoms with Gasteiger partial charge in [0.05, 0.1) is 5.69 Å². The van der Waals surface area contributed by atoms with Crippen LogP contribution in [0.2, 0.25) is 0 Å². The first-order chi connectivity index (χ1) is 13.2. The second-order valence-corrected chi connectivity index (χ2v) is 6.72. The summed E-state index contributed by atoms with van der Waals surface area (Å²) in [6.07, 6.45) is 27.3. The van der Waals surface area contributed by atoms with Gasteiger partial charge in [0, 0.05) is 25.0 Å². The average molecular weight is 375 g/mol. The molecule has 1 rings (SSSR count). The van der Waals surface area contributed by atoms with Gasteiger partial charge in [0.25, 0.3) is 0 Å². The SMILES string of the molecule is CCCCCC=CCC=CCCCCCCCC(=O)O.Cc1cnccn1. The zero-order valence-electron chi connectivity index (χ0n) is 17.3. The molecule has 4 nitrogen and oxygen atoms in total. The predicted octanol–water partition coefficient (Wildman–Crippen LogP) is 6.67. The number of aliphatic carboxylic acids is 1. The molecule has 0 aliphatic carbocycles. The van der Waals surface area contributed by atoms with E-state index in [1.807, 2.05) is 6.92 Å². The molecule has 0 amide bonds. The van der Waals surface area contributed by atoms with Gasteiger partial charge in [-0.2, -0.15) is 0 Å². The Morgan fingerprint density at radius 2 is 1.56 bits per heavy atom. The summed E-state index contributed by atoms with van der Waals surface area (Å²) < 4.78 is 0. The normalized spacial score (nSPS) is 10.9. The number of carboxylic acids is 1. The lowest BCUT2D eigenvalue weighted by Gasteiger charge is -1.98. The Morgan fingerprint density at radius 1 is 0.926 bits per heavy atom. The minimum absolute atomic E-state index is 0.324. The van der Waals surface area contributed by atoms with Crippen LogP contribution in [0.1, 0.15) is 89.7 Å². The summed E-state index contributed by atoms with van der Waals surface area (Å²) in [5, 5.41) is 8.50. The van der Waals surface area contributed by atoms with Crippen LogP contribution in [-0.2, 0) is 4.79 Å². The lowest BCUT2D eigenvalue weighted by molar-refractivity contribution is -0.137. The van der Waals surface area contributed by atoms with Gasteiger partial charge in [0.2, 0.25) is 0 Å². The molecule has 27 heavy (non-hydrogen) atoms. The first kappa shape index (κ1) is 25.0. The molecule has 1 N–H and O–H groups in total. The quantitative estimate of drug-likeness (QED) is 0.292. The van der Waals surface area contributed by atoms with Crippen molar-refractivity contribution in [3.05, 3.63) is 48.6 Å². The molecule has 0 unspecified atom stereocenters. The van der Waals surface area contributed by atoms with E-state index >= 15 is 0 Å². The molecule has 1 aromatic heterocycles. The Balaban J connectivity index is 0.000000797. The van der Waals surface area contributed by atoms with Crippen molar-refractivity contribution in [2.24, 2.45) is 0 Å². The first-order valence-electron chi connectivity index (χ1n) is 10.4. The van der Waals surface area contributed by atoms with Gasteiger partial charge >= 0.3 is 5.97 Å². The fraction of sp³-hybridized carbons (Fsp3) is 0.609. The molecule has 0 spiro atoms. The number of hydrogen-bond donors (Lipinski definition) is 1. The number of rotatable bonds is 14. The third-order valence-corrected chi connectivity index (χ3v) is 4.03. The number of carboxylic acid groups (broad SMARTS) is 1. The van der Waals surface area contributed by atoms with Crippen LogP contribution < -0.4 is 0 Å². The smallest absolute Gasteiger partial charge is 0.303 e. The van der Waals surface area contributed by atoms with Gasteiger partial charge in [0.15, 0.2) is 0 Å². The maximum absolute atomic E-state index is 10.3. The van der Waals surface area contributed by atoms with E-state index in [0.29, 0.717) is 6.42 Å². The summed E-state index contributed by atoms with van der Waals surface area (Å²) >= 11 is 0. The molecule has 0 atom stereocenters. The average Bonchev–Trinajstić information content (AvgIpc) is 2.66. The Labute approximate surface area is 165 Å². The fourth-order valence-corrected chi connectivity index (χ4v) is 2.46. The van der Waals surface area contributed by atoms with Crippen molar-refractivity contribution >= 4 is 5.97 Å². The highest BCUT2D eigenvalue weighted by atomic mass is 16.4. The molecule has 0 radical (unpaired) electrons. The molecule has 1 aromatic rings. The number of unbranched alkanes of at least 4 members (excludes halogenated alkanes) is 8. The number of nitrogens with zero attached hydrogens (tertiary/aromatic N) is 2. The summed E-state index contributed by atoms with van der Waals surface area (Å²) in [6, 6.07) is 0. The summed E-state index contributed by atoms with van der Waals surface area (Å²) in [5.41, 5.74) is 0.961. The number of hydrogen-bond acceptors (Lipinski definition) is 3. The highest BCUT2D eigenvalue weighted by Gasteiger charge is 1.95. The summed E-state index contributed by atoms with van der Waals surface area (Å²) in [6.45, 7) is 4.14. The van der Waals surface area contributed by atoms with Gasteiger partial charge in [-0.1, -0.05) is 63.3 Å². The highest BCUT2D eigenvalue weighted by molar-refractivity contribution is 5.66. The zero-order valence-corrected chi connectivity index (χ0v) is 17.3. The molecule has 0 saturated carbocycles. The van der Waals surface area contributed by atoms with Gasteiger partial charge in [-0.05, 0) is 45.4 Å². The van der Waals surface area contributed by atoms with Crippen molar-refractivity contribution in [2.75, 3.05) is 0 Å². The third-order valence-electron chi connectivity index (χ3n) is 4.03. The fourth-order valence-electron chi connectivity index (χ4n) is 2.46. The van der Waals surface area contributed by atoms with E-state index in [1.165, 1.54) is 44.9 Å². The lowest BCUT2D eigenvalue weighted by Crippen LogP contribution is -1.93. The predicted molar refractivity (Wildman–Crippen MR) is 114 cm³/mol. The molecular formula is C23H38N2O2. The molecular weight excluding hydrogens is 336 g/mol. The third kappa shape index (κ3) is 22.0. The molecule has 0 aromatic carbocycles. The first-order valence-corrected chi connectivity index (χ1v) is 10.4. The van der Waals surface area contributed by atoms with Gasteiger partial charge in [-0.3, -0.25) is 14.8 Å². The van der Waals surface area contributed by atoms with E-state index < -0.39 is 5.97 Å². The van der Waals surface area contributed by atoms with Crippen LogP contribution in [-0.4, -0.2) is 21.0 Å². The minimum atomic E-state index is -0.671. The van der Waals surface area contributed by atoms with Gasteiger partial charge in [-0.25, -0.2) is 0 Å². The summed E-state index contributed by atoms with van der Waals surface area (Å²) in [7, 11) is 0. The molecule has 4 heteroatoms. The van der Waals surface area contributed by atoms with Crippen LogP contribution >= 0.6 is 0 Å². The van der Waals surface area contributed by atoms with Crippen molar-refractivity contribution < 1.29 is 9.90 Å². The zero-order chi connectivity index (χ0) is 20.0. The standard InChI is InChI=1S/C18H32O2.C5H6N2/c1-2-3-4-5-6-7-8-9-10-11-12-13-14-15-16-17-18(19)20;1-5-4-6-2-3-7-5/h6-7,9-10H,2-5,8,11-17H2,1H3,(H,19,20);2-4H,1H3. The van der Waals surface area contributed by atoms with Crippen molar-refractivity contribution in [1.82, 2.24) is 9.97 Å². The van der Waals surface area contributed by atoms with Gasteiger partial charge in [-0.15, -0.1) is 0 Å². The highest BCUT2D eigenvalue weighted by Crippen LogP contribution is 2.08. The molecule has 0 bridgehead atoms. The number of aromatic nitrogens is 2. The Morgan fingerprint density at radius 3 is 2.07 bits per heavy atom. The van der Waals surface area contributed by atoms with Crippen LogP contribution in [0.15, 0.2) is 42.9 Å². The minimum Gasteiger partial charge on any atom is -0.481 e. The van der Waals surface area contributed by atoms with E-state index in [2.05, 4.69) is 41.2 Å². The van der Waals surface area contributed by atoms with E-state index in [9.17, 15) is 4.79 Å². The Hall–Kier alpha value is -1.97. The van der Waals surface area contributed by atoms with Crippen LogP contribution in [0.3, 0.4) is 0 Å². The molecule has 1 heterocycles. The second kappa shape index (κ2) is 20.3. The van der Waals surface area contributed by atoms with Crippen LogP contribution in [0.25, 0.3) is 0 Å². The van der Waals surface area contributed by atoms with Crippen molar-refractivity contribution in [2.45, 2.75) is 90.9 Å². The Kier molecular flexibility index (Phi) is 18.9. The van der Waals surface area contributed by atoms with E-state index in [4.69, 9.17) is 5.11 Å². The number of aryl methyl sites for hydroxylation is 1. The van der Waals surface area contributed by atoms with Crippen LogP contribution in [0.5, 0.6) is 0 Å². The number of carbonyl (C=O) groups is 1. The molecule has 0 aliphatic rings. The van der Waals surface area contributed by atoms with Crippen molar-refractivity contribution in [3.63, 3.8) is 0 Å². The summed E-state index contributed by atoms with van der Waals surface area (Å²) in [4.78, 5) is 18.1. The van der Waals surface area contributed by atoms with Crippen LogP contribution in [0.4, 0.5) is 0 Å². The van der Waals surface area contributed by atoms with E-state index in [0.717, 1.165) is 31.4 Å². The Bertz CT molecular complexity index is 498. The van der Waals surface area contributed by atoms with Crippen molar-refractivity contribution in [1.29, 1.82) is 0 Å². The lowest BCUT2D eigenvalue weighted by atomic mass is 10.1. The maximum atomic E-state index is 10.3. The topological polar surface area (TPSA) is 63.1 Å². The number of allylic oxidation sites excluding steroid dienone is 4. The molecule has 0 saturated heterocycles. The van der Waals surface area contributed by atoms with E-state index in [-0.39, 0.29) is 0 Å². The second-order valence-electron chi connectivity index (χ2n) is 6.72. The van der Waals surface area contributed by atoms with E-state index in [1.54, 1.807) is 18.6 Å². The molecule has 0 aliphatic heterocycles. The molecule has 0 fully saturated rings. The van der Waals surface area contributed by atoms with Crippen LogP contribution in [0, 0.1) is 6.92 Å². The largest absolute Gasteiger partial charge is 0.481 e. The maximum Gasteiger partial charge on any atom is 0.303 e.